The molecule has 2 unspecified atom stereocenters. The summed E-state index contributed by atoms with van der Waals surface area (Å²) in [5.41, 5.74) is 0. The van der Waals surface area contributed by atoms with Gasteiger partial charge in [-0.1, -0.05) is 48.0 Å². The fraction of sp³-hybridized carbons (Fsp3) is 1.00. The number of rotatable bonds is 4. The lowest BCUT2D eigenvalue weighted by Gasteiger charge is -2.48. The Labute approximate surface area is 134 Å². The first-order chi connectivity index (χ1) is 9.91. The number of hydrogen-bond acceptors (Lipinski definition) is 0. The molecule has 0 nitrogen and oxygen atoms in total. The van der Waals surface area contributed by atoms with Gasteiger partial charge in [0.25, 0.3) is 0 Å². The van der Waals surface area contributed by atoms with Gasteiger partial charge < -0.3 is 0 Å². The van der Waals surface area contributed by atoms with Crippen LogP contribution < -0.4 is 0 Å². The molecule has 0 aromatic heterocycles. The quantitative estimate of drug-likeness (QED) is 0.535. The Morgan fingerprint density at radius 1 is 0.571 bits per heavy atom. The highest BCUT2D eigenvalue weighted by molar-refractivity contribution is 4.91. The molecular formula is C21H40. The smallest absolute Gasteiger partial charge is 0.0324 e. The second-order valence-corrected chi connectivity index (χ2v) is 9.24. The molecule has 0 radical (unpaired) electrons. The Kier molecular flexibility index (Phi) is 6.21. The Morgan fingerprint density at radius 3 is 1.43 bits per heavy atom. The predicted molar refractivity (Wildman–Crippen MR) is 94.3 cm³/mol. The van der Waals surface area contributed by atoms with E-state index < -0.39 is 0 Å². The Hall–Kier alpha value is 0. The average Bonchev–Trinajstić information content (AvgIpc) is 2.46. The Balaban J connectivity index is 2.08. The van der Waals surface area contributed by atoms with Gasteiger partial charge in [-0.3, -0.25) is 0 Å². The minimum Gasteiger partial charge on any atom is -0.0625 e. The zero-order valence-corrected chi connectivity index (χ0v) is 15.6. The highest BCUT2D eigenvalue weighted by Crippen LogP contribution is 2.50. The molecule has 0 aromatic carbocycles. The van der Waals surface area contributed by atoms with Crippen molar-refractivity contribution in [2.45, 2.75) is 86.5 Å². The van der Waals surface area contributed by atoms with Gasteiger partial charge in [-0.05, 0) is 85.9 Å². The van der Waals surface area contributed by atoms with Crippen LogP contribution in [0.25, 0.3) is 0 Å². The van der Waals surface area contributed by atoms with E-state index in [1.165, 1.54) is 44.9 Å². The summed E-state index contributed by atoms with van der Waals surface area (Å²) in [6.45, 7) is 14.8. The van der Waals surface area contributed by atoms with Gasteiger partial charge in [0, 0.05) is 0 Å². The van der Waals surface area contributed by atoms with Crippen molar-refractivity contribution in [1.29, 1.82) is 0 Å². The summed E-state index contributed by atoms with van der Waals surface area (Å²) in [7, 11) is 0. The SMILES string of the molecule is CC(C)C1CCC(C2C(C(C)C)CCCC2C(C)C)CC1. The average molecular weight is 293 g/mol. The van der Waals surface area contributed by atoms with Gasteiger partial charge in [0.15, 0.2) is 0 Å². The molecule has 2 aliphatic rings. The summed E-state index contributed by atoms with van der Waals surface area (Å²) in [5.74, 6) is 7.78. The third-order valence-electron chi connectivity index (χ3n) is 7.08. The van der Waals surface area contributed by atoms with E-state index in [9.17, 15) is 0 Å². The van der Waals surface area contributed by atoms with Crippen molar-refractivity contribution in [1.82, 2.24) is 0 Å². The first-order valence-electron chi connectivity index (χ1n) is 9.91. The monoisotopic (exact) mass is 292 g/mol. The third kappa shape index (κ3) is 4.05. The zero-order valence-electron chi connectivity index (χ0n) is 15.6. The van der Waals surface area contributed by atoms with Gasteiger partial charge in [0.1, 0.15) is 0 Å². The second-order valence-electron chi connectivity index (χ2n) is 9.24. The van der Waals surface area contributed by atoms with Crippen molar-refractivity contribution in [3.05, 3.63) is 0 Å². The first-order valence-corrected chi connectivity index (χ1v) is 9.91. The van der Waals surface area contributed by atoms with Crippen molar-refractivity contribution in [3.63, 3.8) is 0 Å². The van der Waals surface area contributed by atoms with Crippen LogP contribution in [0.5, 0.6) is 0 Å². The zero-order chi connectivity index (χ0) is 15.6. The van der Waals surface area contributed by atoms with Crippen molar-refractivity contribution in [3.8, 4) is 0 Å². The third-order valence-corrected chi connectivity index (χ3v) is 7.08. The van der Waals surface area contributed by atoms with Crippen LogP contribution in [0.4, 0.5) is 0 Å². The van der Waals surface area contributed by atoms with Crippen LogP contribution in [-0.4, -0.2) is 0 Å². The molecule has 0 heteroatoms. The van der Waals surface area contributed by atoms with Gasteiger partial charge >= 0.3 is 0 Å². The molecule has 0 saturated heterocycles. The minimum absolute atomic E-state index is 0.888. The van der Waals surface area contributed by atoms with Gasteiger partial charge in [-0.25, -0.2) is 0 Å². The molecule has 21 heavy (non-hydrogen) atoms. The summed E-state index contributed by atoms with van der Waals surface area (Å²) >= 11 is 0. The van der Waals surface area contributed by atoms with E-state index in [4.69, 9.17) is 0 Å². The van der Waals surface area contributed by atoms with Crippen molar-refractivity contribution in [2.75, 3.05) is 0 Å². The van der Waals surface area contributed by atoms with Crippen LogP contribution in [0.3, 0.4) is 0 Å². The summed E-state index contributed by atoms with van der Waals surface area (Å²) < 4.78 is 0. The second kappa shape index (κ2) is 7.51. The van der Waals surface area contributed by atoms with Gasteiger partial charge in [0.2, 0.25) is 0 Å². The molecule has 0 aliphatic heterocycles. The fourth-order valence-electron chi connectivity index (χ4n) is 5.74. The predicted octanol–water partition coefficient (Wildman–Crippen LogP) is 6.79. The molecule has 0 N–H and O–H groups in total. The van der Waals surface area contributed by atoms with Crippen LogP contribution in [0.1, 0.15) is 86.5 Å². The molecule has 2 atom stereocenters. The summed E-state index contributed by atoms with van der Waals surface area (Å²) in [6.07, 6.45) is 10.6. The molecule has 2 fully saturated rings. The van der Waals surface area contributed by atoms with Gasteiger partial charge in [-0.2, -0.15) is 0 Å². The summed E-state index contributed by atoms with van der Waals surface area (Å²) in [6, 6.07) is 0. The largest absolute Gasteiger partial charge is 0.0625 e. The maximum Gasteiger partial charge on any atom is -0.0324 e. The molecule has 2 aliphatic carbocycles. The number of hydrogen-bond donors (Lipinski definition) is 0. The van der Waals surface area contributed by atoms with Crippen molar-refractivity contribution in [2.24, 2.45) is 47.3 Å². The van der Waals surface area contributed by atoms with Gasteiger partial charge in [-0.15, -0.1) is 0 Å². The van der Waals surface area contributed by atoms with E-state index >= 15 is 0 Å². The molecule has 0 aromatic rings. The van der Waals surface area contributed by atoms with Crippen LogP contribution in [0, 0.1) is 47.3 Å². The van der Waals surface area contributed by atoms with E-state index in [0.29, 0.717) is 0 Å². The summed E-state index contributed by atoms with van der Waals surface area (Å²) in [4.78, 5) is 0. The standard InChI is InChI=1S/C21H40/c1-14(2)17-10-12-18(13-11-17)21-19(15(3)4)8-7-9-20(21)16(5)6/h14-21H,7-13H2,1-6H3. The molecule has 0 spiro atoms. The lowest BCUT2D eigenvalue weighted by molar-refractivity contribution is 0.0121. The van der Waals surface area contributed by atoms with Crippen LogP contribution in [0.2, 0.25) is 0 Å². The maximum atomic E-state index is 2.49. The minimum atomic E-state index is 0.888. The molecule has 2 saturated carbocycles. The van der Waals surface area contributed by atoms with Gasteiger partial charge in [0.05, 0.1) is 0 Å². The van der Waals surface area contributed by atoms with E-state index in [1.807, 2.05) is 0 Å². The Bertz CT molecular complexity index is 277. The lowest BCUT2D eigenvalue weighted by atomic mass is 9.57. The normalized spacial score (nSPS) is 38.4. The van der Waals surface area contributed by atoms with E-state index in [2.05, 4.69) is 41.5 Å². The lowest BCUT2D eigenvalue weighted by Crippen LogP contribution is -2.40. The first kappa shape index (κ1) is 17.4. The van der Waals surface area contributed by atoms with Crippen molar-refractivity contribution >= 4 is 0 Å². The van der Waals surface area contributed by atoms with E-state index in [-0.39, 0.29) is 0 Å². The van der Waals surface area contributed by atoms with Crippen LogP contribution in [-0.2, 0) is 0 Å². The van der Waals surface area contributed by atoms with E-state index in [0.717, 1.165) is 47.3 Å². The highest BCUT2D eigenvalue weighted by Gasteiger charge is 2.41. The Morgan fingerprint density at radius 2 is 1.05 bits per heavy atom. The highest BCUT2D eigenvalue weighted by atomic mass is 14.5. The fourth-order valence-corrected chi connectivity index (χ4v) is 5.74. The molecule has 0 amide bonds. The van der Waals surface area contributed by atoms with Crippen LogP contribution >= 0.6 is 0 Å². The summed E-state index contributed by atoms with van der Waals surface area (Å²) in [5, 5.41) is 0. The molecule has 0 bridgehead atoms. The maximum absolute atomic E-state index is 2.49. The van der Waals surface area contributed by atoms with Crippen LogP contribution in [0.15, 0.2) is 0 Å². The van der Waals surface area contributed by atoms with E-state index in [1.54, 1.807) is 0 Å². The van der Waals surface area contributed by atoms with Crippen molar-refractivity contribution < 1.29 is 0 Å². The topological polar surface area (TPSA) is 0 Å². The molecule has 0 heterocycles. The molecular weight excluding hydrogens is 252 g/mol. The molecule has 2 rings (SSSR count). The molecule has 124 valence electrons.